The standard InChI is InChI=1S/C9H12N2OS/c1-11(10)9(13)7-3-5-8(12-2)6-4-7/h3-6H,10H2,1-2H3. The highest BCUT2D eigenvalue weighted by atomic mass is 32.1. The molecular formula is C9H12N2OS. The first-order chi connectivity index (χ1) is 6.15. The van der Waals surface area contributed by atoms with Crippen LogP contribution in [0.3, 0.4) is 0 Å². The second-order valence-corrected chi connectivity index (χ2v) is 3.03. The van der Waals surface area contributed by atoms with Crippen LogP contribution in [0.2, 0.25) is 0 Å². The second-order valence-electron chi connectivity index (χ2n) is 2.64. The van der Waals surface area contributed by atoms with E-state index in [-0.39, 0.29) is 0 Å². The Morgan fingerprint density at radius 2 is 1.92 bits per heavy atom. The van der Waals surface area contributed by atoms with Gasteiger partial charge in [0.05, 0.1) is 7.11 Å². The number of benzene rings is 1. The first-order valence-corrected chi connectivity index (χ1v) is 4.23. The van der Waals surface area contributed by atoms with Crippen molar-refractivity contribution in [2.75, 3.05) is 14.2 Å². The molecule has 0 amide bonds. The number of nitrogens with two attached hydrogens (primary N) is 1. The predicted octanol–water partition coefficient (Wildman–Crippen LogP) is 1.18. The molecular weight excluding hydrogens is 184 g/mol. The largest absolute Gasteiger partial charge is 0.497 e. The van der Waals surface area contributed by atoms with E-state index in [2.05, 4.69) is 0 Å². The molecule has 0 unspecified atom stereocenters. The molecule has 13 heavy (non-hydrogen) atoms. The number of methoxy groups -OCH3 is 1. The molecule has 0 saturated heterocycles. The van der Waals surface area contributed by atoms with Gasteiger partial charge in [-0.1, -0.05) is 12.2 Å². The van der Waals surface area contributed by atoms with Crippen LogP contribution in [0.5, 0.6) is 5.75 Å². The number of hydrogen-bond donors (Lipinski definition) is 1. The van der Waals surface area contributed by atoms with Crippen LogP contribution in [-0.4, -0.2) is 24.2 Å². The third-order valence-electron chi connectivity index (χ3n) is 1.66. The van der Waals surface area contributed by atoms with Crippen LogP contribution in [0, 0.1) is 0 Å². The van der Waals surface area contributed by atoms with Gasteiger partial charge in [0.15, 0.2) is 0 Å². The van der Waals surface area contributed by atoms with Crippen LogP contribution in [-0.2, 0) is 0 Å². The van der Waals surface area contributed by atoms with Crippen LogP contribution >= 0.6 is 12.2 Å². The lowest BCUT2D eigenvalue weighted by Crippen LogP contribution is -2.32. The molecule has 0 aliphatic carbocycles. The van der Waals surface area contributed by atoms with Gasteiger partial charge in [-0.3, -0.25) is 0 Å². The lowest BCUT2D eigenvalue weighted by molar-refractivity contribution is 0.414. The van der Waals surface area contributed by atoms with Crippen LogP contribution < -0.4 is 10.6 Å². The van der Waals surface area contributed by atoms with Crippen molar-refractivity contribution in [2.24, 2.45) is 5.84 Å². The normalized spacial score (nSPS) is 9.46. The van der Waals surface area contributed by atoms with E-state index in [0.717, 1.165) is 11.3 Å². The minimum Gasteiger partial charge on any atom is -0.497 e. The molecule has 1 rings (SSSR count). The van der Waals surface area contributed by atoms with Gasteiger partial charge >= 0.3 is 0 Å². The Kier molecular flexibility index (Phi) is 3.22. The zero-order valence-corrected chi connectivity index (χ0v) is 8.47. The molecule has 0 radical (unpaired) electrons. The second kappa shape index (κ2) is 4.20. The third kappa shape index (κ3) is 2.40. The fraction of sp³-hybridized carbons (Fsp3) is 0.222. The smallest absolute Gasteiger partial charge is 0.122 e. The summed E-state index contributed by atoms with van der Waals surface area (Å²) in [7, 11) is 3.34. The van der Waals surface area contributed by atoms with Crippen molar-refractivity contribution >= 4 is 17.2 Å². The highest BCUT2D eigenvalue weighted by Gasteiger charge is 2.02. The predicted molar refractivity (Wildman–Crippen MR) is 56.6 cm³/mol. The Labute approximate surface area is 83.1 Å². The summed E-state index contributed by atoms with van der Waals surface area (Å²) in [5.74, 6) is 6.31. The third-order valence-corrected chi connectivity index (χ3v) is 2.18. The van der Waals surface area contributed by atoms with Gasteiger partial charge in [0, 0.05) is 12.6 Å². The Balaban J connectivity index is 2.86. The Morgan fingerprint density at radius 3 is 2.31 bits per heavy atom. The highest BCUT2D eigenvalue weighted by molar-refractivity contribution is 7.80. The summed E-state index contributed by atoms with van der Waals surface area (Å²) >= 11 is 5.08. The fourth-order valence-electron chi connectivity index (χ4n) is 0.937. The molecule has 0 atom stereocenters. The van der Waals surface area contributed by atoms with E-state index in [1.807, 2.05) is 24.3 Å². The van der Waals surface area contributed by atoms with Crippen molar-refractivity contribution in [3.05, 3.63) is 29.8 Å². The minimum atomic E-state index is 0.614. The van der Waals surface area contributed by atoms with Crippen molar-refractivity contribution in [3.63, 3.8) is 0 Å². The molecule has 0 saturated carbocycles. The summed E-state index contributed by atoms with van der Waals surface area (Å²) in [4.78, 5) is 0.614. The van der Waals surface area contributed by atoms with Gasteiger partial charge in [-0.05, 0) is 24.3 Å². The molecule has 0 aliphatic rings. The van der Waals surface area contributed by atoms with E-state index in [4.69, 9.17) is 22.8 Å². The van der Waals surface area contributed by atoms with Crippen molar-refractivity contribution in [1.29, 1.82) is 0 Å². The van der Waals surface area contributed by atoms with Crippen molar-refractivity contribution in [2.45, 2.75) is 0 Å². The molecule has 0 spiro atoms. The lowest BCUT2D eigenvalue weighted by atomic mass is 10.2. The van der Waals surface area contributed by atoms with Crippen molar-refractivity contribution < 1.29 is 4.74 Å². The van der Waals surface area contributed by atoms with E-state index in [0.29, 0.717) is 4.99 Å². The lowest BCUT2D eigenvalue weighted by Gasteiger charge is -2.13. The number of hydrazine groups is 1. The van der Waals surface area contributed by atoms with Gasteiger partial charge in [0.25, 0.3) is 0 Å². The number of ether oxygens (including phenoxy) is 1. The van der Waals surface area contributed by atoms with E-state index < -0.39 is 0 Å². The number of thiocarbonyl (C=S) groups is 1. The van der Waals surface area contributed by atoms with E-state index >= 15 is 0 Å². The zero-order valence-electron chi connectivity index (χ0n) is 7.65. The minimum absolute atomic E-state index is 0.614. The summed E-state index contributed by atoms with van der Waals surface area (Å²) in [5.41, 5.74) is 0.917. The van der Waals surface area contributed by atoms with Crippen LogP contribution in [0.1, 0.15) is 5.56 Å². The first-order valence-electron chi connectivity index (χ1n) is 3.82. The molecule has 2 N–H and O–H groups in total. The molecule has 1 aromatic rings. The molecule has 70 valence electrons. The average Bonchev–Trinajstić information content (AvgIpc) is 2.17. The summed E-state index contributed by atoms with van der Waals surface area (Å²) < 4.78 is 5.02. The maximum Gasteiger partial charge on any atom is 0.122 e. The average molecular weight is 196 g/mol. The van der Waals surface area contributed by atoms with E-state index in [1.54, 1.807) is 14.2 Å². The maximum absolute atomic E-state index is 5.50. The molecule has 0 heterocycles. The molecule has 0 fully saturated rings. The van der Waals surface area contributed by atoms with Gasteiger partial charge in [0.1, 0.15) is 10.7 Å². The van der Waals surface area contributed by atoms with Gasteiger partial charge in [-0.25, -0.2) is 5.84 Å². The molecule has 4 heteroatoms. The maximum atomic E-state index is 5.50. The SMILES string of the molecule is COc1ccc(C(=S)N(C)N)cc1. The van der Waals surface area contributed by atoms with Gasteiger partial charge in [0.2, 0.25) is 0 Å². The molecule has 3 nitrogen and oxygen atoms in total. The quantitative estimate of drug-likeness (QED) is 0.438. The van der Waals surface area contributed by atoms with Gasteiger partial charge in [-0.15, -0.1) is 0 Å². The van der Waals surface area contributed by atoms with Crippen LogP contribution in [0.15, 0.2) is 24.3 Å². The molecule has 0 aliphatic heterocycles. The van der Waals surface area contributed by atoms with Gasteiger partial charge in [-0.2, -0.15) is 0 Å². The zero-order chi connectivity index (χ0) is 9.84. The number of rotatable bonds is 2. The van der Waals surface area contributed by atoms with Crippen LogP contribution in [0.4, 0.5) is 0 Å². The molecule has 0 bridgehead atoms. The van der Waals surface area contributed by atoms with E-state index in [9.17, 15) is 0 Å². The summed E-state index contributed by atoms with van der Waals surface area (Å²) in [5, 5.41) is 1.41. The van der Waals surface area contributed by atoms with Gasteiger partial charge < -0.3 is 9.75 Å². The highest BCUT2D eigenvalue weighted by Crippen LogP contribution is 2.12. The van der Waals surface area contributed by atoms with Crippen molar-refractivity contribution in [3.8, 4) is 5.75 Å². The summed E-state index contributed by atoms with van der Waals surface area (Å²) in [6.45, 7) is 0. The van der Waals surface area contributed by atoms with Crippen LogP contribution in [0.25, 0.3) is 0 Å². The number of hydrogen-bond acceptors (Lipinski definition) is 3. The summed E-state index contributed by atoms with van der Waals surface area (Å²) in [6, 6.07) is 7.46. The molecule has 0 aromatic heterocycles. The fourth-order valence-corrected chi connectivity index (χ4v) is 1.07. The first kappa shape index (κ1) is 9.95. The van der Waals surface area contributed by atoms with E-state index in [1.165, 1.54) is 5.01 Å². The Hall–Kier alpha value is -1.13. The molecule has 1 aromatic carbocycles. The Morgan fingerprint density at radius 1 is 1.38 bits per heavy atom. The topological polar surface area (TPSA) is 38.5 Å². The number of nitrogens with zero attached hydrogens (tertiary/aromatic N) is 1. The Bertz CT molecular complexity index is 295. The van der Waals surface area contributed by atoms with Crippen molar-refractivity contribution in [1.82, 2.24) is 5.01 Å². The monoisotopic (exact) mass is 196 g/mol. The summed E-state index contributed by atoms with van der Waals surface area (Å²) in [6.07, 6.45) is 0.